The molecule has 1 saturated heterocycles. The van der Waals surface area contributed by atoms with E-state index in [9.17, 15) is 4.79 Å². The van der Waals surface area contributed by atoms with Crippen LogP contribution in [0.3, 0.4) is 0 Å². The molecule has 2 unspecified atom stereocenters. The standard InChI is InChI=1S/C14H22ClN3O2.ClH/c1-9(16)12-5-3-4-8-18(12)13(19)7-6-11-10(2)17-20-14(11)15;/h9,12H,3-8,16H2,1-2H3;1H. The molecule has 1 aromatic heterocycles. The van der Waals surface area contributed by atoms with Crippen molar-refractivity contribution in [2.75, 3.05) is 6.54 Å². The Labute approximate surface area is 136 Å². The first-order valence-electron chi connectivity index (χ1n) is 7.16. The predicted molar refractivity (Wildman–Crippen MR) is 84.8 cm³/mol. The number of aryl methyl sites for hydroxylation is 1. The van der Waals surface area contributed by atoms with Gasteiger partial charge in [-0.25, -0.2) is 0 Å². The molecule has 0 spiro atoms. The lowest BCUT2D eigenvalue weighted by Gasteiger charge is -2.38. The van der Waals surface area contributed by atoms with E-state index in [1.165, 1.54) is 0 Å². The van der Waals surface area contributed by atoms with E-state index in [0.29, 0.717) is 12.8 Å². The van der Waals surface area contributed by atoms with Gasteiger partial charge in [-0.3, -0.25) is 4.79 Å². The molecule has 2 atom stereocenters. The monoisotopic (exact) mass is 335 g/mol. The molecule has 0 aliphatic carbocycles. The highest BCUT2D eigenvalue weighted by Crippen LogP contribution is 2.23. The SMILES string of the molecule is Cc1noc(Cl)c1CCC(=O)N1CCCCC1C(C)N.Cl. The third-order valence-corrected chi connectivity index (χ3v) is 4.30. The Morgan fingerprint density at radius 1 is 1.57 bits per heavy atom. The van der Waals surface area contributed by atoms with E-state index in [1.54, 1.807) is 0 Å². The van der Waals surface area contributed by atoms with Gasteiger partial charge in [0.2, 0.25) is 11.1 Å². The lowest BCUT2D eigenvalue weighted by Crippen LogP contribution is -2.51. The van der Waals surface area contributed by atoms with Gasteiger partial charge in [-0.15, -0.1) is 12.4 Å². The number of halogens is 2. The Morgan fingerprint density at radius 3 is 2.86 bits per heavy atom. The Morgan fingerprint density at radius 2 is 2.29 bits per heavy atom. The summed E-state index contributed by atoms with van der Waals surface area (Å²) in [5.41, 5.74) is 7.58. The number of nitrogens with zero attached hydrogens (tertiary/aromatic N) is 2. The number of hydrogen-bond donors (Lipinski definition) is 1. The van der Waals surface area contributed by atoms with E-state index in [4.69, 9.17) is 21.9 Å². The number of piperidine rings is 1. The molecule has 1 amide bonds. The highest BCUT2D eigenvalue weighted by Gasteiger charge is 2.29. The minimum atomic E-state index is 0. The van der Waals surface area contributed by atoms with Crippen LogP contribution in [-0.4, -0.2) is 34.6 Å². The van der Waals surface area contributed by atoms with Crippen LogP contribution in [0.2, 0.25) is 5.22 Å². The van der Waals surface area contributed by atoms with Crippen molar-refractivity contribution in [3.05, 3.63) is 16.5 Å². The second-order valence-corrected chi connectivity index (χ2v) is 5.87. The molecule has 0 bridgehead atoms. The molecule has 1 fully saturated rings. The van der Waals surface area contributed by atoms with Crippen molar-refractivity contribution < 1.29 is 9.32 Å². The molecule has 2 rings (SSSR count). The van der Waals surface area contributed by atoms with Crippen LogP contribution >= 0.6 is 24.0 Å². The normalized spacial score (nSPS) is 20.0. The summed E-state index contributed by atoms with van der Waals surface area (Å²) in [6, 6.07) is 0.176. The topological polar surface area (TPSA) is 72.4 Å². The first kappa shape index (κ1) is 18.3. The Balaban J connectivity index is 0.00000220. The third kappa shape index (κ3) is 4.34. The van der Waals surface area contributed by atoms with Gasteiger partial charge in [0, 0.05) is 30.6 Å². The van der Waals surface area contributed by atoms with Crippen LogP contribution < -0.4 is 5.73 Å². The predicted octanol–water partition coefficient (Wildman–Crippen LogP) is 2.72. The van der Waals surface area contributed by atoms with Crippen LogP contribution in [0.25, 0.3) is 0 Å². The number of hydrogen-bond acceptors (Lipinski definition) is 4. The van der Waals surface area contributed by atoms with Crippen LogP contribution in [-0.2, 0) is 11.2 Å². The Hall–Kier alpha value is -0.780. The summed E-state index contributed by atoms with van der Waals surface area (Å²) in [5.74, 6) is 0.142. The third-order valence-electron chi connectivity index (χ3n) is 4.00. The zero-order valence-corrected chi connectivity index (χ0v) is 14.0. The maximum absolute atomic E-state index is 12.4. The second kappa shape index (κ2) is 8.01. The smallest absolute Gasteiger partial charge is 0.229 e. The van der Waals surface area contributed by atoms with Gasteiger partial charge in [0.25, 0.3) is 0 Å². The second-order valence-electron chi connectivity index (χ2n) is 5.53. The van der Waals surface area contributed by atoms with Crippen molar-refractivity contribution in [2.45, 2.75) is 58.0 Å². The van der Waals surface area contributed by atoms with Crippen LogP contribution in [0.1, 0.15) is 43.9 Å². The van der Waals surface area contributed by atoms with E-state index in [2.05, 4.69) is 5.16 Å². The molecular weight excluding hydrogens is 313 g/mol. The molecule has 1 aromatic rings. The van der Waals surface area contributed by atoms with E-state index in [-0.39, 0.29) is 35.6 Å². The van der Waals surface area contributed by atoms with Gasteiger partial charge in [0.15, 0.2) is 0 Å². The molecule has 2 N–H and O–H groups in total. The molecule has 2 heterocycles. The number of carbonyl (C=O) groups excluding carboxylic acids is 1. The minimum Gasteiger partial charge on any atom is -0.344 e. The molecule has 5 nitrogen and oxygen atoms in total. The quantitative estimate of drug-likeness (QED) is 0.918. The zero-order chi connectivity index (χ0) is 14.7. The van der Waals surface area contributed by atoms with Crippen molar-refractivity contribution in [3.63, 3.8) is 0 Å². The minimum absolute atomic E-state index is 0. The summed E-state index contributed by atoms with van der Waals surface area (Å²) in [6.45, 7) is 4.61. The first-order chi connectivity index (χ1) is 9.50. The number of carbonyl (C=O) groups is 1. The van der Waals surface area contributed by atoms with Gasteiger partial charge in [-0.1, -0.05) is 5.16 Å². The highest BCUT2D eigenvalue weighted by atomic mass is 35.5. The molecular formula is C14H23Cl2N3O2. The zero-order valence-electron chi connectivity index (χ0n) is 12.5. The molecule has 1 aliphatic heterocycles. The van der Waals surface area contributed by atoms with E-state index in [1.807, 2.05) is 18.7 Å². The van der Waals surface area contributed by atoms with E-state index >= 15 is 0 Å². The number of amides is 1. The van der Waals surface area contributed by atoms with E-state index in [0.717, 1.165) is 37.1 Å². The number of rotatable bonds is 4. The average Bonchev–Trinajstić information content (AvgIpc) is 2.75. The summed E-state index contributed by atoms with van der Waals surface area (Å²) in [6.07, 6.45) is 4.19. The molecule has 7 heteroatoms. The number of likely N-dealkylation sites (tertiary alicyclic amines) is 1. The highest BCUT2D eigenvalue weighted by molar-refractivity contribution is 6.29. The first-order valence-corrected chi connectivity index (χ1v) is 7.54. The van der Waals surface area contributed by atoms with Gasteiger partial charge < -0.3 is 15.2 Å². The largest absolute Gasteiger partial charge is 0.344 e. The van der Waals surface area contributed by atoms with Gasteiger partial charge in [-0.05, 0) is 51.1 Å². The summed E-state index contributed by atoms with van der Waals surface area (Å²) in [7, 11) is 0. The Bertz CT molecular complexity index is 457. The lowest BCUT2D eigenvalue weighted by molar-refractivity contribution is -0.135. The lowest BCUT2D eigenvalue weighted by atomic mass is 9.96. The summed E-state index contributed by atoms with van der Waals surface area (Å²) in [5, 5.41) is 4.09. The van der Waals surface area contributed by atoms with Gasteiger partial charge >= 0.3 is 0 Å². The fraction of sp³-hybridized carbons (Fsp3) is 0.714. The Kier molecular flexibility index (Phi) is 6.97. The van der Waals surface area contributed by atoms with Crippen LogP contribution in [0.15, 0.2) is 4.52 Å². The van der Waals surface area contributed by atoms with Gasteiger partial charge in [0.05, 0.1) is 5.69 Å². The van der Waals surface area contributed by atoms with Crippen LogP contribution in [0.4, 0.5) is 0 Å². The van der Waals surface area contributed by atoms with Crippen molar-refractivity contribution in [1.82, 2.24) is 10.1 Å². The molecule has 0 aromatic carbocycles. The summed E-state index contributed by atoms with van der Waals surface area (Å²) < 4.78 is 4.90. The molecule has 0 saturated carbocycles. The maximum atomic E-state index is 12.4. The molecule has 120 valence electrons. The molecule has 1 aliphatic rings. The van der Waals surface area contributed by atoms with Crippen LogP contribution in [0.5, 0.6) is 0 Å². The summed E-state index contributed by atoms with van der Waals surface area (Å²) >= 11 is 5.92. The van der Waals surface area contributed by atoms with Gasteiger partial charge in [0.1, 0.15) is 0 Å². The molecule has 21 heavy (non-hydrogen) atoms. The summed E-state index contributed by atoms with van der Waals surface area (Å²) in [4.78, 5) is 14.3. The van der Waals surface area contributed by atoms with Crippen molar-refractivity contribution >= 4 is 29.9 Å². The fourth-order valence-electron chi connectivity index (χ4n) is 2.83. The van der Waals surface area contributed by atoms with Crippen LogP contribution in [0, 0.1) is 6.92 Å². The fourth-order valence-corrected chi connectivity index (χ4v) is 3.10. The van der Waals surface area contributed by atoms with Gasteiger partial charge in [-0.2, -0.15) is 0 Å². The van der Waals surface area contributed by atoms with E-state index < -0.39 is 0 Å². The molecule has 0 radical (unpaired) electrons. The van der Waals surface area contributed by atoms with Crippen molar-refractivity contribution in [1.29, 1.82) is 0 Å². The van der Waals surface area contributed by atoms with Crippen molar-refractivity contribution in [3.8, 4) is 0 Å². The average molecular weight is 336 g/mol. The van der Waals surface area contributed by atoms with Crippen molar-refractivity contribution in [2.24, 2.45) is 5.73 Å². The number of aromatic nitrogens is 1. The number of nitrogens with two attached hydrogens (primary N) is 1. The maximum Gasteiger partial charge on any atom is 0.229 e.